The van der Waals surface area contributed by atoms with Crippen LogP contribution in [0.3, 0.4) is 0 Å². The smallest absolute Gasteiger partial charge is 0.410 e. The standard InChI is InChI=1S/C20H20F4N6O2/c1-28-11-12(10-26-28)14-8-13-15(2-3-25-17(13)27-14)29-4-6-30(7-5-29)18(31)32-16-9-19(21,22)20(16,23)24/h2-3,8,10-11,16H,4-7,9H2,1H3,(H,25,27)/t16-/m1/s1. The molecule has 1 saturated carbocycles. The Kier molecular flexibility index (Phi) is 4.57. The molecule has 0 unspecified atom stereocenters. The average Bonchev–Trinajstić information content (AvgIpc) is 3.39. The molecule has 3 aromatic rings. The summed E-state index contributed by atoms with van der Waals surface area (Å²) in [5.74, 6) is -8.46. The monoisotopic (exact) mass is 452 g/mol. The second-order valence-corrected chi connectivity index (χ2v) is 8.06. The van der Waals surface area contributed by atoms with Gasteiger partial charge in [-0.05, 0) is 12.1 Å². The predicted octanol–water partition coefficient (Wildman–Crippen LogP) is 3.26. The highest BCUT2D eigenvalue weighted by atomic mass is 19.3. The summed E-state index contributed by atoms with van der Waals surface area (Å²) in [5.41, 5.74) is 3.41. The van der Waals surface area contributed by atoms with Crippen molar-refractivity contribution in [3.63, 3.8) is 0 Å². The molecular weight excluding hydrogens is 432 g/mol. The zero-order valence-electron chi connectivity index (χ0n) is 17.1. The molecule has 170 valence electrons. The number of hydrogen-bond acceptors (Lipinski definition) is 5. The van der Waals surface area contributed by atoms with Crippen LogP contribution in [0.4, 0.5) is 28.0 Å². The van der Waals surface area contributed by atoms with Crippen LogP contribution in [0.25, 0.3) is 22.3 Å². The maximum absolute atomic E-state index is 13.4. The summed E-state index contributed by atoms with van der Waals surface area (Å²) in [6, 6.07) is 3.85. The number of carbonyl (C=O) groups excluding carboxylic acids is 1. The number of nitrogens with one attached hydrogen (secondary N) is 1. The molecule has 0 spiro atoms. The molecule has 1 atom stereocenters. The lowest BCUT2D eigenvalue weighted by Gasteiger charge is -2.43. The van der Waals surface area contributed by atoms with Gasteiger partial charge in [0.05, 0.1) is 18.3 Å². The number of aryl methyl sites for hydroxylation is 1. The molecule has 4 heterocycles. The highest BCUT2D eigenvalue weighted by Gasteiger charge is 2.74. The van der Waals surface area contributed by atoms with Crippen molar-refractivity contribution < 1.29 is 27.1 Å². The first-order valence-electron chi connectivity index (χ1n) is 10.1. The summed E-state index contributed by atoms with van der Waals surface area (Å²) in [4.78, 5) is 23.2. The van der Waals surface area contributed by atoms with E-state index >= 15 is 0 Å². The van der Waals surface area contributed by atoms with E-state index in [9.17, 15) is 22.4 Å². The number of aromatic amines is 1. The van der Waals surface area contributed by atoms with Crippen LogP contribution in [0.15, 0.2) is 30.7 Å². The van der Waals surface area contributed by atoms with Crippen molar-refractivity contribution in [1.82, 2.24) is 24.6 Å². The number of nitrogens with zero attached hydrogens (tertiary/aromatic N) is 5. The van der Waals surface area contributed by atoms with Crippen molar-refractivity contribution in [2.24, 2.45) is 7.05 Å². The molecule has 1 N–H and O–H groups in total. The predicted molar refractivity (Wildman–Crippen MR) is 107 cm³/mol. The number of pyridine rings is 1. The summed E-state index contributed by atoms with van der Waals surface area (Å²) in [6.45, 7) is 1.30. The molecule has 1 amide bonds. The Labute approximate surface area is 179 Å². The average molecular weight is 452 g/mol. The lowest BCUT2D eigenvalue weighted by molar-refractivity contribution is -0.330. The molecule has 2 aliphatic rings. The van der Waals surface area contributed by atoms with Crippen LogP contribution in [0, 0.1) is 0 Å². The minimum Gasteiger partial charge on any atom is -0.439 e. The van der Waals surface area contributed by atoms with Gasteiger partial charge in [0.1, 0.15) is 5.65 Å². The van der Waals surface area contributed by atoms with Crippen molar-refractivity contribution in [2.75, 3.05) is 31.1 Å². The molecule has 0 radical (unpaired) electrons. The van der Waals surface area contributed by atoms with Gasteiger partial charge in [-0.15, -0.1) is 0 Å². The summed E-state index contributed by atoms with van der Waals surface area (Å²) in [6.07, 6.45) is 1.07. The SMILES string of the molecule is Cn1cc(-c2cc3c(N4CCN(C(=O)O[C@@H]5CC(F)(F)C5(F)F)CC4)ccnc3[nH]2)cn1. The molecule has 8 nitrogen and oxygen atoms in total. The first-order valence-corrected chi connectivity index (χ1v) is 10.1. The molecule has 1 aliphatic carbocycles. The fraction of sp³-hybridized carbons (Fsp3) is 0.450. The summed E-state index contributed by atoms with van der Waals surface area (Å²) in [5, 5.41) is 5.08. The number of H-pyrrole nitrogens is 1. The van der Waals surface area contributed by atoms with Gasteiger partial charge in [-0.1, -0.05) is 0 Å². The van der Waals surface area contributed by atoms with Crippen LogP contribution >= 0.6 is 0 Å². The van der Waals surface area contributed by atoms with Gasteiger partial charge in [-0.2, -0.15) is 22.7 Å². The van der Waals surface area contributed by atoms with Crippen LogP contribution < -0.4 is 4.90 Å². The number of anilines is 1. The van der Waals surface area contributed by atoms with Gasteiger partial charge in [-0.3, -0.25) is 4.68 Å². The van der Waals surface area contributed by atoms with E-state index in [4.69, 9.17) is 0 Å². The number of rotatable bonds is 3. The lowest BCUT2D eigenvalue weighted by atomic mass is 9.85. The maximum atomic E-state index is 13.4. The van der Waals surface area contributed by atoms with E-state index in [1.165, 1.54) is 4.90 Å². The van der Waals surface area contributed by atoms with Gasteiger partial charge in [0.25, 0.3) is 0 Å². The van der Waals surface area contributed by atoms with Crippen molar-refractivity contribution in [1.29, 1.82) is 0 Å². The largest absolute Gasteiger partial charge is 0.439 e. The van der Waals surface area contributed by atoms with Gasteiger partial charge in [0.15, 0.2) is 6.10 Å². The van der Waals surface area contributed by atoms with Crippen molar-refractivity contribution in [3.8, 4) is 11.3 Å². The highest BCUT2D eigenvalue weighted by molar-refractivity contribution is 5.93. The molecule has 12 heteroatoms. The fourth-order valence-corrected chi connectivity index (χ4v) is 4.05. The number of alkyl halides is 4. The van der Waals surface area contributed by atoms with E-state index in [-0.39, 0.29) is 13.1 Å². The fourth-order valence-electron chi connectivity index (χ4n) is 4.05. The van der Waals surface area contributed by atoms with Crippen molar-refractivity contribution in [2.45, 2.75) is 24.4 Å². The van der Waals surface area contributed by atoms with E-state index in [1.807, 2.05) is 25.4 Å². The molecule has 32 heavy (non-hydrogen) atoms. The molecule has 0 bridgehead atoms. The van der Waals surface area contributed by atoms with Crippen LogP contribution in [0.2, 0.25) is 0 Å². The molecule has 2 fully saturated rings. The number of carbonyl (C=O) groups is 1. The van der Waals surface area contributed by atoms with Crippen LogP contribution in [0.5, 0.6) is 0 Å². The normalized spacial score (nSPS) is 22.1. The number of hydrogen-bond donors (Lipinski definition) is 1. The maximum Gasteiger partial charge on any atom is 0.410 e. The Bertz CT molecular complexity index is 1170. The quantitative estimate of drug-likeness (QED) is 0.618. The van der Waals surface area contributed by atoms with E-state index < -0.39 is 30.5 Å². The number of amides is 1. The molecule has 5 rings (SSSR count). The number of piperazine rings is 1. The number of ether oxygens (including phenoxy) is 1. The highest BCUT2D eigenvalue weighted by Crippen LogP contribution is 2.52. The Morgan fingerprint density at radius 3 is 2.59 bits per heavy atom. The Morgan fingerprint density at radius 1 is 1.22 bits per heavy atom. The Balaban J connectivity index is 1.26. The molecule has 3 aromatic heterocycles. The van der Waals surface area contributed by atoms with Crippen molar-refractivity contribution >= 4 is 22.8 Å². The summed E-state index contributed by atoms with van der Waals surface area (Å²) >= 11 is 0. The van der Waals surface area contributed by atoms with Gasteiger partial charge >= 0.3 is 17.9 Å². The lowest BCUT2D eigenvalue weighted by Crippen LogP contribution is -2.64. The van der Waals surface area contributed by atoms with E-state index in [1.54, 1.807) is 17.1 Å². The van der Waals surface area contributed by atoms with Crippen LogP contribution in [0.1, 0.15) is 6.42 Å². The topological polar surface area (TPSA) is 79.3 Å². The number of aromatic nitrogens is 4. The van der Waals surface area contributed by atoms with E-state index in [0.717, 1.165) is 22.3 Å². The Morgan fingerprint density at radius 2 is 1.97 bits per heavy atom. The van der Waals surface area contributed by atoms with Gasteiger partial charge in [0, 0.05) is 62.3 Å². The number of fused-ring (bicyclic) bond motifs is 1. The zero-order valence-corrected chi connectivity index (χ0v) is 17.1. The minimum absolute atomic E-state index is 0.219. The summed E-state index contributed by atoms with van der Waals surface area (Å²) in [7, 11) is 1.83. The second kappa shape index (κ2) is 7.10. The molecule has 1 saturated heterocycles. The van der Waals surface area contributed by atoms with Crippen molar-refractivity contribution in [3.05, 3.63) is 30.7 Å². The van der Waals surface area contributed by atoms with Gasteiger partial charge < -0.3 is 19.5 Å². The minimum atomic E-state index is -4.33. The first-order chi connectivity index (χ1) is 15.2. The first kappa shape index (κ1) is 20.6. The molecule has 0 aromatic carbocycles. The van der Waals surface area contributed by atoms with Crippen LogP contribution in [-0.2, 0) is 11.8 Å². The molecular formula is C20H20F4N6O2. The van der Waals surface area contributed by atoms with E-state index in [0.29, 0.717) is 18.7 Å². The number of halogens is 4. The third-order valence-electron chi connectivity index (χ3n) is 5.98. The van der Waals surface area contributed by atoms with Gasteiger partial charge in [-0.25, -0.2) is 9.78 Å². The van der Waals surface area contributed by atoms with E-state index in [2.05, 4.69) is 24.7 Å². The van der Waals surface area contributed by atoms with Gasteiger partial charge in [0.2, 0.25) is 0 Å². The third kappa shape index (κ3) is 3.24. The zero-order chi connectivity index (χ0) is 22.7. The summed E-state index contributed by atoms with van der Waals surface area (Å²) < 4.78 is 59.1. The Hall–Kier alpha value is -3.31. The third-order valence-corrected chi connectivity index (χ3v) is 5.98. The molecule has 1 aliphatic heterocycles. The second-order valence-electron chi connectivity index (χ2n) is 8.06. The van der Waals surface area contributed by atoms with Crippen LogP contribution in [-0.4, -0.2) is 74.9 Å².